The number of nitro groups is 1. The number of benzene rings is 2. The SMILES string of the molecule is COc1ccc(/C=C\c2cc(OC)c(OC)c(OC)c2)cc1NC(=O)c1ccc([N+](=O)[O-])nc1. The topological polar surface area (TPSA) is 122 Å². The number of rotatable bonds is 9. The van der Waals surface area contributed by atoms with Gasteiger partial charge in [-0.25, -0.2) is 0 Å². The third kappa shape index (κ3) is 5.41. The highest BCUT2D eigenvalue weighted by Crippen LogP contribution is 2.38. The number of anilines is 1. The van der Waals surface area contributed by atoms with Crippen LogP contribution in [-0.2, 0) is 0 Å². The molecule has 0 bridgehead atoms. The summed E-state index contributed by atoms with van der Waals surface area (Å²) in [6.45, 7) is 0. The zero-order valence-corrected chi connectivity index (χ0v) is 19.0. The maximum Gasteiger partial charge on any atom is 0.363 e. The number of nitrogens with one attached hydrogen (secondary N) is 1. The van der Waals surface area contributed by atoms with Crippen LogP contribution in [0.25, 0.3) is 12.2 Å². The Morgan fingerprint density at radius 1 is 0.882 bits per heavy atom. The van der Waals surface area contributed by atoms with Crippen molar-refractivity contribution in [1.82, 2.24) is 4.98 Å². The van der Waals surface area contributed by atoms with E-state index in [2.05, 4.69) is 10.3 Å². The summed E-state index contributed by atoms with van der Waals surface area (Å²) < 4.78 is 21.5. The van der Waals surface area contributed by atoms with Crippen LogP contribution in [0.15, 0.2) is 48.7 Å². The molecule has 3 rings (SSSR count). The normalized spacial score (nSPS) is 10.6. The number of carbonyl (C=O) groups is 1. The molecule has 0 atom stereocenters. The van der Waals surface area contributed by atoms with Gasteiger partial charge in [0.15, 0.2) is 17.7 Å². The van der Waals surface area contributed by atoms with E-state index in [1.807, 2.05) is 30.4 Å². The highest BCUT2D eigenvalue weighted by Gasteiger charge is 2.15. The van der Waals surface area contributed by atoms with Crippen molar-refractivity contribution in [3.05, 3.63) is 75.5 Å². The number of nitrogens with zero attached hydrogens (tertiary/aromatic N) is 2. The van der Waals surface area contributed by atoms with Gasteiger partial charge in [-0.05, 0) is 51.4 Å². The zero-order chi connectivity index (χ0) is 24.7. The number of aromatic nitrogens is 1. The summed E-state index contributed by atoms with van der Waals surface area (Å²) in [6, 6.07) is 11.4. The largest absolute Gasteiger partial charge is 0.495 e. The molecule has 0 aliphatic carbocycles. The number of amides is 1. The number of pyridine rings is 1. The molecular weight excluding hydrogens is 442 g/mol. The smallest absolute Gasteiger partial charge is 0.363 e. The van der Waals surface area contributed by atoms with E-state index in [1.165, 1.54) is 26.4 Å². The van der Waals surface area contributed by atoms with Gasteiger partial charge in [0.2, 0.25) is 5.75 Å². The van der Waals surface area contributed by atoms with E-state index >= 15 is 0 Å². The highest BCUT2D eigenvalue weighted by molar-refractivity contribution is 6.05. The zero-order valence-electron chi connectivity index (χ0n) is 19.0. The Bertz CT molecular complexity index is 1200. The monoisotopic (exact) mass is 465 g/mol. The molecule has 0 saturated carbocycles. The molecule has 34 heavy (non-hydrogen) atoms. The number of carbonyl (C=O) groups excluding carboxylic acids is 1. The van der Waals surface area contributed by atoms with Gasteiger partial charge < -0.3 is 34.4 Å². The molecule has 2 aromatic carbocycles. The first kappa shape index (κ1) is 24.1. The van der Waals surface area contributed by atoms with Crippen molar-refractivity contribution in [3.63, 3.8) is 0 Å². The van der Waals surface area contributed by atoms with E-state index in [9.17, 15) is 14.9 Å². The van der Waals surface area contributed by atoms with Gasteiger partial charge in [0.1, 0.15) is 5.75 Å². The quantitative estimate of drug-likeness (QED) is 0.279. The molecule has 176 valence electrons. The summed E-state index contributed by atoms with van der Waals surface area (Å²) in [5, 5.41) is 13.5. The summed E-state index contributed by atoms with van der Waals surface area (Å²) in [5.41, 5.74) is 2.20. The van der Waals surface area contributed by atoms with Crippen LogP contribution in [0.2, 0.25) is 0 Å². The summed E-state index contributed by atoms with van der Waals surface area (Å²) in [6.07, 6.45) is 4.86. The fraction of sp³-hybridized carbons (Fsp3) is 0.167. The van der Waals surface area contributed by atoms with Gasteiger partial charge in [0.25, 0.3) is 5.91 Å². The van der Waals surface area contributed by atoms with E-state index in [0.29, 0.717) is 28.7 Å². The van der Waals surface area contributed by atoms with Gasteiger partial charge in [-0.2, -0.15) is 0 Å². The first-order valence-corrected chi connectivity index (χ1v) is 9.98. The number of hydrogen-bond acceptors (Lipinski definition) is 8. The average Bonchev–Trinajstić information content (AvgIpc) is 2.86. The standard InChI is InChI=1S/C24H23N3O7/c1-31-19-9-7-15(5-6-16-12-20(32-2)23(34-4)21(13-16)33-3)11-18(19)26-24(28)17-8-10-22(25-14-17)27(29)30/h5-14H,1-4H3,(H,26,28)/b6-5-. The van der Waals surface area contributed by atoms with Crippen LogP contribution in [-0.4, -0.2) is 44.3 Å². The van der Waals surface area contributed by atoms with E-state index in [4.69, 9.17) is 18.9 Å². The van der Waals surface area contributed by atoms with E-state index < -0.39 is 10.8 Å². The summed E-state index contributed by atoms with van der Waals surface area (Å²) >= 11 is 0. The first-order chi connectivity index (χ1) is 16.4. The minimum absolute atomic E-state index is 0.172. The van der Waals surface area contributed by atoms with E-state index in [0.717, 1.165) is 17.3 Å². The van der Waals surface area contributed by atoms with Crippen LogP contribution in [0.5, 0.6) is 23.0 Å². The van der Waals surface area contributed by atoms with Crippen LogP contribution in [0.3, 0.4) is 0 Å². The minimum atomic E-state index is -0.630. The van der Waals surface area contributed by atoms with Crippen molar-refractivity contribution >= 4 is 29.6 Å². The molecule has 0 saturated heterocycles. The number of methoxy groups -OCH3 is 4. The van der Waals surface area contributed by atoms with Crippen LogP contribution in [0, 0.1) is 10.1 Å². The Morgan fingerprint density at radius 3 is 2.06 bits per heavy atom. The lowest BCUT2D eigenvalue weighted by Gasteiger charge is -2.13. The van der Waals surface area contributed by atoms with Crippen LogP contribution in [0.4, 0.5) is 11.5 Å². The molecule has 10 nitrogen and oxygen atoms in total. The van der Waals surface area contributed by atoms with Gasteiger partial charge in [-0.15, -0.1) is 0 Å². The molecule has 1 aromatic heterocycles. The van der Waals surface area contributed by atoms with Gasteiger partial charge >= 0.3 is 5.82 Å². The molecular formula is C24H23N3O7. The second-order valence-electron chi connectivity index (χ2n) is 6.87. The summed E-state index contributed by atoms with van der Waals surface area (Å²) in [4.78, 5) is 26.4. The van der Waals surface area contributed by atoms with Crippen molar-refractivity contribution in [2.45, 2.75) is 0 Å². The number of ether oxygens (including phenoxy) is 4. The third-order valence-corrected chi connectivity index (χ3v) is 4.82. The average molecular weight is 465 g/mol. The van der Waals surface area contributed by atoms with Crippen LogP contribution in [0.1, 0.15) is 21.5 Å². The predicted molar refractivity (Wildman–Crippen MR) is 127 cm³/mol. The van der Waals surface area contributed by atoms with Gasteiger partial charge in [-0.1, -0.05) is 18.2 Å². The summed E-state index contributed by atoms with van der Waals surface area (Å²) in [7, 11) is 6.12. The molecule has 0 fully saturated rings. The fourth-order valence-electron chi connectivity index (χ4n) is 3.14. The van der Waals surface area contributed by atoms with Crippen molar-refractivity contribution < 1.29 is 28.7 Å². The maximum absolute atomic E-state index is 12.6. The predicted octanol–water partition coefficient (Wildman–Crippen LogP) is 4.45. The Kier molecular flexibility index (Phi) is 7.65. The molecule has 0 aliphatic rings. The van der Waals surface area contributed by atoms with Crippen molar-refractivity contribution in [2.24, 2.45) is 0 Å². The Hall–Kier alpha value is -4.60. The molecule has 0 unspecified atom stereocenters. The van der Waals surface area contributed by atoms with Gasteiger partial charge in [0.05, 0.1) is 39.7 Å². The van der Waals surface area contributed by atoms with Crippen LogP contribution >= 0.6 is 0 Å². The molecule has 0 spiro atoms. The molecule has 1 N–H and O–H groups in total. The Labute approximate surface area is 195 Å². The van der Waals surface area contributed by atoms with Crippen molar-refractivity contribution in [1.29, 1.82) is 0 Å². The Morgan fingerprint density at radius 2 is 1.53 bits per heavy atom. The molecule has 3 aromatic rings. The first-order valence-electron chi connectivity index (χ1n) is 9.98. The van der Waals surface area contributed by atoms with E-state index in [1.54, 1.807) is 26.4 Å². The molecule has 1 heterocycles. The highest BCUT2D eigenvalue weighted by atomic mass is 16.6. The van der Waals surface area contributed by atoms with Crippen molar-refractivity contribution in [3.8, 4) is 23.0 Å². The second kappa shape index (κ2) is 10.8. The van der Waals surface area contributed by atoms with E-state index in [-0.39, 0.29) is 11.4 Å². The lowest BCUT2D eigenvalue weighted by atomic mass is 10.1. The second-order valence-corrected chi connectivity index (χ2v) is 6.87. The third-order valence-electron chi connectivity index (χ3n) is 4.82. The number of hydrogen-bond donors (Lipinski definition) is 1. The van der Waals surface area contributed by atoms with Crippen molar-refractivity contribution in [2.75, 3.05) is 33.8 Å². The van der Waals surface area contributed by atoms with Gasteiger partial charge in [0, 0.05) is 6.07 Å². The molecule has 1 amide bonds. The van der Waals surface area contributed by atoms with Crippen LogP contribution < -0.4 is 24.3 Å². The fourth-order valence-corrected chi connectivity index (χ4v) is 3.14. The molecule has 10 heteroatoms. The summed E-state index contributed by atoms with van der Waals surface area (Å²) in [5.74, 6) is 1.19. The molecule has 0 radical (unpaired) electrons. The minimum Gasteiger partial charge on any atom is -0.495 e. The Balaban J connectivity index is 1.86. The lowest BCUT2D eigenvalue weighted by molar-refractivity contribution is -0.389. The lowest BCUT2D eigenvalue weighted by Crippen LogP contribution is -2.13. The maximum atomic E-state index is 12.6. The van der Waals surface area contributed by atoms with Gasteiger partial charge in [-0.3, -0.25) is 4.79 Å². The molecule has 0 aliphatic heterocycles.